The zero-order valence-corrected chi connectivity index (χ0v) is 25.3. The number of aliphatic hydroxyl groups excluding tert-OH is 1. The van der Waals surface area contributed by atoms with Crippen molar-refractivity contribution in [3.05, 3.63) is 49.6 Å². The van der Waals surface area contributed by atoms with Gasteiger partial charge in [-0.3, -0.25) is 20.2 Å². The molecule has 1 aromatic rings. The van der Waals surface area contributed by atoms with Gasteiger partial charge in [0, 0.05) is 12.3 Å². The molecule has 0 bridgehead atoms. The van der Waals surface area contributed by atoms with Gasteiger partial charge in [0.1, 0.15) is 5.69 Å². The van der Waals surface area contributed by atoms with Crippen LogP contribution in [0.1, 0.15) is 98.8 Å². The molecule has 0 amide bonds. The molecule has 0 saturated heterocycles. The summed E-state index contributed by atoms with van der Waals surface area (Å²) < 4.78 is 0. The Morgan fingerprint density at radius 2 is 1.78 bits per heavy atom. The number of aliphatic hydroxyl groups is 1. The van der Waals surface area contributed by atoms with Crippen molar-refractivity contribution in [3.63, 3.8) is 0 Å². The van der Waals surface area contributed by atoms with Crippen LogP contribution >= 0.6 is 0 Å². The summed E-state index contributed by atoms with van der Waals surface area (Å²) >= 11 is 0. The van der Waals surface area contributed by atoms with Crippen LogP contribution in [0.25, 0.3) is 0 Å². The van der Waals surface area contributed by atoms with Gasteiger partial charge in [0.05, 0.1) is 22.0 Å². The minimum absolute atomic E-state index is 0.00888. The lowest BCUT2D eigenvalue weighted by atomic mass is 9.52. The number of nitro benzene ring substituents is 2. The van der Waals surface area contributed by atoms with E-state index in [1.807, 2.05) is 6.21 Å². The van der Waals surface area contributed by atoms with Gasteiger partial charge in [-0.1, -0.05) is 59.5 Å². The summed E-state index contributed by atoms with van der Waals surface area (Å²) in [5.74, 6) is 3.47. The Hall–Kier alpha value is -2.61. The zero-order valence-electron chi connectivity index (χ0n) is 25.3. The summed E-state index contributed by atoms with van der Waals surface area (Å²) in [4.78, 5) is 26.5. The van der Waals surface area contributed by atoms with E-state index in [2.05, 4.69) is 39.6 Å². The fourth-order valence-electron chi connectivity index (χ4n) is 9.74. The molecule has 3 unspecified atom stereocenters. The average molecular weight is 566 g/mol. The number of aliphatic imine (C=N–C) groups is 1. The van der Waals surface area contributed by atoms with Crippen molar-refractivity contribution < 1.29 is 15.0 Å². The molecule has 1 N–H and O–H groups in total. The first-order valence-corrected chi connectivity index (χ1v) is 15.7. The first-order valence-electron chi connectivity index (χ1n) is 15.7. The monoisotopic (exact) mass is 565 g/mol. The number of nitro groups is 2. The molecular formula is C33H47N3O5. The summed E-state index contributed by atoms with van der Waals surface area (Å²) in [6.45, 7) is 12.0. The van der Waals surface area contributed by atoms with Crippen molar-refractivity contribution >= 4 is 23.3 Å². The van der Waals surface area contributed by atoms with Crippen molar-refractivity contribution in [2.24, 2.45) is 51.3 Å². The minimum atomic E-state index is -0.620. The standard InChI is InChI=1S/C33H47N3O5/c1-20(2)7-6-8-21(3)25-10-11-26-31-24(19-34-29-12-9-22(35(38)39)17-30(29)36(40)41)28-18-23(37)13-15-33(28,5)27(31)14-16-32(25,26)4/h9,12,17,19-21,23,25-27,31,37H,6-8,10-11,13-16,18H2,1-5H3/t21-,23+,25-,26?,27?,31?,32-,33-/m1/s1. The highest BCUT2D eigenvalue weighted by Gasteiger charge is 2.62. The van der Waals surface area contributed by atoms with Crippen LogP contribution in [0, 0.1) is 66.6 Å². The van der Waals surface area contributed by atoms with Crippen LogP contribution in [0.3, 0.4) is 0 Å². The molecule has 8 heteroatoms. The van der Waals surface area contributed by atoms with E-state index >= 15 is 0 Å². The molecule has 224 valence electrons. The van der Waals surface area contributed by atoms with Gasteiger partial charge >= 0.3 is 5.69 Å². The number of fused-ring (bicyclic) bond motifs is 5. The maximum absolute atomic E-state index is 11.8. The molecule has 3 fully saturated rings. The van der Waals surface area contributed by atoms with Gasteiger partial charge in [-0.05, 0) is 103 Å². The first kappa shape index (κ1) is 29.9. The summed E-state index contributed by atoms with van der Waals surface area (Å²) in [6, 6.07) is 3.66. The Labute approximate surface area is 244 Å². The average Bonchev–Trinajstić information content (AvgIpc) is 3.38. The van der Waals surface area contributed by atoms with Gasteiger partial charge in [-0.25, -0.2) is 4.99 Å². The smallest absolute Gasteiger partial charge is 0.301 e. The zero-order chi connectivity index (χ0) is 29.7. The quantitative estimate of drug-likeness (QED) is 0.183. The van der Waals surface area contributed by atoms with Crippen LogP contribution in [-0.4, -0.2) is 27.3 Å². The third-order valence-corrected chi connectivity index (χ3v) is 11.8. The molecule has 0 aromatic heterocycles. The summed E-state index contributed by atoms with van der Waals surface area (Å²) in [5.41, 5.74) is 2.19. The Balaban J connectivity index is 1.51. The number of nitrogens with zero attached hydrogens (tertiary/aromatic N) is 3. The molecule has 4 aliphatic rings. The Morgan fingerprint density at radius 1 is 1.02 bits per heavy atom. The minimum Gasteiger partial charge on any atom is -0.393 e. The lowest BCUT2D eigenvalue weighted by Gasteiger charge is -2.52. The van der Waals surface area contributed by atoms with Crippen molar-refractivity contribution in [2.75, 3.05) is 0 Å². The van der Waals surface area contributed by atoms with Gasteiger partial charge in [0.25, 0.3) is 5.69 Å². The second kappa shape index (κ2) is 11.2. The van der Waals surface area contributed by atoms with Crippen molar-refractivity contribution in [3.8, 4) is 0 Å². The van der Waals surface area contributed by atoms with Crippen LogP contribution in [0.15, 0.2) is 34.3 Å². The molecule has 0 spiro atoms. The number of hydrogen-bond donors (Lipinski definition) is 1. The van der Waals surface area contributed by atoms with E-state index < -0.39 is 9.85 Å². The summed E-state index contributed by atoms with van der Waals surface area (Å²) in [7, 11) is 0. The largest absolute Gasteiger partial charge is 0.393 e. The second-order valence-corrected chi connectivity index (χ2v) is 14.5. The maximum Gasteiger partial charge on any atom is 0.301 e. The van der Waals surface area contributed by atoms with Crippen LogP contribution in [0.2, 0.25) is 0 Å². The van der Waals surface area contributed by atoms with Crippen molar-refractivity contribution in [1.29, 1.82) is 0 Å². The van der Waals surface area contributed by atoms with Crippen LogP contribution in [0.4, 0.5) is 17.1 Å². The molecule has 5 rings (SSSR count). The molecule has 41 heavy (non-hydrogen) atoms. The number of benzene rings is 1. The van der Waals surface area contributed by atoms with E-state index in [0.29, 0.717) is 36.0 Å². The predicted molar refractivity (Wildman–Crippen MR) is 161 cm³/mol. The fourth-order valence-corrected chi connectivity index (χ4v) is 9.74. The van der Waals surface area contributed by atoms with Crippen LogP contribution in [-0.2, 0) is 0 Å². The fraction of sp³-hybridized carbons (Fsp3) is 0.727. The van der Waals surface area contributed by atoms with E-state index in [-0.39, 0.29) is 34.0 Å². The Bertz CT molecular complexity index is 1260. The summed E-state index contributed by atoms with van der Waals surface area (Å²) in [6.07, 6.45) is 12.6. The molecule has 8 nitrogen and oxygen atoms in total. The molecule has 4 aliphatic carbocycles. The van der Waals surface area contributed by atoms with E-state index in [1.54, 1.807) is 0 Å². The first-order chi connectivity index (χ1) is 19.4. The van der Waals surface area contributed by atoms with Crippen LogP contribution in [0.5, 0.6) is 0 Å². The van der Waals surface area contributed by atoms with Gasteiger partial charge in [-0.2, -0.15) is 0 Å². The molecule has 1 aromatic carbocycles. The Morgan fingerprint density at radius 3 is 2.46 bits per heavy atom. The highest BCUT2D eigenvalue weighted by atomic mass is 16.6. The molecule has 0 heterocycles. The van der Waals surface area contributed by atoms with Gasteiger partial charge in [0.2, 0.25) is 0 Å². The van der Waals surface area contributed by atoms with Crippen molar-refractivity contribution in [2.45, 2.75) is 105 Å². The molecular weight excluding hydrogens is 518 g/mol. The maximum atomic E-state index is 11.8. The highest BCUT2D eigenvalue weighted by Crippen LogP contribution is 2.70. The number of allylic oxidation sites excluding steroid dienone is 1. The number of hydrogen-bond acceptors (Lipinski definition) is 6. The predicted octanol–water partition coefficient (Wildman–Crippen LogP) is 8.59. The number of rotatable bonds is 9. The normalized spacial score (nSPS) is 35.4. The van der Waals surface area contributed by atoms with Gasteiger partial charge in [0.15, 0.2) is 0 Å². The molecule has 0 radical (unpaired) electrons. The second-order valence-electron chi connectivity index (χ2n) is 14.5. The van der Waals surface area contributed by atoms with E-state index in [4.69, 9.17) is 0 Å². The van der Waals surface area contributed by atoms with Gasteiger partial charge < -0.3 is 5.11 Å². The van der Waals surface area contributed by atoms with E-state index in [0.717, 1.165) is 31.2 Å². The lowest BCUT2D eigenvalue weighted by molar-refractivity contribution is -0.393. The lowest BCUT2D eigenvalue weighted by Crippen LogP contribution is -2.45. The third kappa shape index (κ3) is 5.26. The number of non-ortho nitro benzene ring substituents is 1. The highest BCUT2D eigenvalue weighted by molar-refractivity contribution is 5.86. The topological polar surface area (TPSA) is 119 Å². The van der Waals surface area contributed by atoms with Gasteiger partial charge in [-0.15, -0.1) is 0 Å². The van der Waals surface area contributed by atoms with Crippen molar-refractivity contribution in [1.82, 2.24) is 0 Å². The molecule has 0 aliphatic heterocycles. The van der Waals surface area contributed by atoms with E-state index in [9.17, 15) is 25.3 Å². The molecule has 3 saturated carbocycles. The SMILES string of the molecule is CC(C)CCC[C@@H](C)[C@H]1CCC2C3C(C=Nc4ccc([N+](=O)[O-])cc4[N+](=O)[O-])=C4C[C@@H](O)CC[C@]4(C)C3CC[C@@]21C. The summed E-state index contributed by atoms with van der Waals surface area (Å²) in [5, 5.41) is 33.8. The third-order valence-electron chi connectivity index (χ3n) is 11.8. The molecule has 8 atom stereocenters. The Kier molecular flexibility index (Phi) is 8.18. The van der Waals surface area contributed by atoms with E-state index in [1.165, 1.54) is 61.8 Å². The van der Waals surface area contributed by atoms with Crippen LogP contribution < -0.4 is 0 Å².